The average molecular weight is 352 g/mol. The second-order valence-electron chi connectivity index (χ2n) is 7.37. The average Bonchev–Trinajstić information content (AvgIpc) is 3.21. The molecule has 0 amide bonds. The number of hydrogen-bond donors (Lipinski definition) is 0. The van der Waals surface area contributed by atoms with Crippen LogP contribution in [0.5, 0.6) is 5.88 Å². The van der Waals surface area contributed by atoms with Crippen molar-refractivity contribution < 1.29 is 14.3 Å². The third-order valence-electron chi connectivity index (χ3n) is 5.02. The molecule has 0 saturated carbocycles. The molecule has 1 fully saturated rings. The molecule has 5 heteroatoms. The Balaban J connectivity index is 1.53. The largest absolute Gasteiger partial charge is 0.475 e. The summed E-state index contributed by atoms with van der Waals surface area (Å²) in [6.07, 6.45) is 7.23. The molecule has 0 unspecified atom stereocenters. The minimum Gasteiger partial charge on any atom is -0.475 e. The number of rotatable bonds is 4. The number of ether oxygens (including phenoxy) is 2. The molecule has 0 aromatic carbocycles. The molecule has 26 heavy (non-hydrogen) atoms. The number of aromatic nitrogens is 1. The molecule has 0 spiro atoms. The van der Waals surface area contributed by atoms with Crippen molar-refractivity contribution in [2.24, 2.45) is 10.9 Å². The maximum absolute atomic E-state index is 12.5. The van der Waals surface area contributed by atoms with E-state index in [0.29, 0.717) is 23.8 Å². The SMILES string of the molecule is CC(C)Oc1ccc2c(n1)/C(=C/C1=CN=C(C3CCOCC3)C1)C(=O)C2. The predicted molar refractivity (Wildman–Crippen MR) is 100 cm³/mol. The summed E-state index contributed by atoms with van der Waals surface area (Å²) in [7, 11) is 0. The third-order valence-corrected chi connectivity index (χ3v) is 5.02. The summed E-state index contributed by atoms with van der Waals surface area (Å²) < 4.78 is 11.1. The molecule has 0 N–H and O–H groups in total. The Bertz CT molecular complexity index is 815. The van der Waals surface area contributed by atoms with Gasteiger partial charge in [0, 0.05) is 55.5 Å². The van der Waals surface area contributed by atoms with Crippen molar-refractivity contribution in [3.05, 3.63) is 41.2 Å². The molecule has 4 rings (SSSR count). The molecular formula is C21H24N2O3. The number of carbonyl (C=O) groups excluding carboxylic acids is 1. The fourth-order valence-corrected chi connectivity index (χ4v) is 3.72. The molecule has 3 heterocycles. The fourth-order valence-electron chi connectivity index (χ4n) is 3.72. The lowest BCUT2D eigenvalue weighted by molar-refractivity contribution is -0.112. The van der Waals surface area contributed by atoms with Crippen LogP contribution in [0.1, 0.15) is 44.4 Å². The van der Waals surface area contributed by atoms with Crippen molar-refractivity contribution in [3.8, 4) is 5.88 Å². The van der Waals surface area contributed by atoms with E-state index in [9.17, 15) is 4.79 Å². The fraction of sp³-hybridized carbons (Fsp3) is 0.476. The number of fused-ring (bicyclic) bond motifs is 1. The Kier molecular flexibility index (Phi) is 4.72. The maximum Gasteiger partial charge on any atom is 0.214 e. The van der Waals surface area contributed by atoms with Crippen LogP contribution in [0.2, 0.25) is 0 Å². The van der Waals surface area contributed by atoms with Crippen LogP contribution in [0.4, 0.5) is 0 Å². The summed E-state index contributed by atoms with van der Waals surface area (Å²) in [4.78, 5) is 21.7. The number of ketones is 1. The van der Waals surface area contributed by atoms with Crippen LogP contribution in [0, 0.1) is 5.92 Å². The Morgan fingerprint density at radius 1 is 1.23 bits per heavy atom. The molecule has 1 aromatic heterocycles. The topological polar surface area (TPSA) is 60.8 Å². The quantitative estimate of drug-likeness (QED) is 0.778. The van der Waals surface area contributed by atoms with Crippen molar-refractivity contribution >= 4 is 17.1 Å². The Morgan fingerprint density at radius 3 is 2.81 bits per heavy atom. The van der Waals surface area contributed by atoms with Gasteiger partial charge in [0.2, 0.25) is 5.88 Å². The van der Waals surface area contributed by atoms with Crippen LogP contribution < -0.4 is 4.74 Å². The van der Waals surface area contributed by atoms with E-state index >= 15 is 0 Å². The van der Waals surface area contributed by atoms with E-state index in [1.54, 1.807) is 0 Å². The zero-order valence-electron chi connectivity index (χ0n) is 15.3. The second-order valence-corrected chi connectivity index (χ2v) is 7.37. The van der Waals surface area contributed by atoms with Gasteiger partial charge in [-0.2, -0.15) is 0 Å². The minimum atomic E-state index is 0.0538. The van der Waals surface area contributed by atoms with E-state index in [-0.39, 0.29) is 11.9 Å². The van der Waals surface area contributed by atoms with Gasteiger partial charge in [0.1, 0.15) is 0 Å². The molecule has 0 radical (unpaired) electrons. The summed E-state index contributed by atoms with van der Waals surface area (Å²) in [5.74, 6) is 1.19. The molecule has 0 bridgehead atoms. The monoisotopic (exact) mass is 352 g/mol. The molecular weight excluding hydrogens is 328 g/mol. The van der Waals surface area contributed by atoms with Gasteiger partial charge in [-0.1, -0.05) is 6.07 Å². The van der Waals surface area contributed by atoms with E-state index in [2.05, 4.69) is 9.98 Å². The van der Waals surface area contributed by atoms with E-state index in [1.165, 1.54) is 5.71 Å². The number of allylic oxidation sites excluding steroid dienone is 3. The van der Waals surface area contributed by atoms with Crippen LogP contribution >= 0.6 is 0 Å². The molecule has 2 aliphatic heterocycles. The Morgan fingerprint density at radius 2 is 2.04 bits per heavy atom. The lowest BCUT2D eigenvalue weighted by Crippen LogP contribution is -2.22. The molecule has 1 aliphatic carbocycles. The molecule has 1 aromatic rings. The normalized spacial score (nSPS) is 22.0. The van der Waals surface area contributed by atoms with Gasteiger partial charge in [-0.05, 0) is 43.9 Å². The van der Waals surface area contributed by atoms with Gasteiger partial charge in [-0.25, -0.2) is 4.98 Å². The first-order valence-corrected chi connectivity index (χ1v) is 9.35. The smallest absolute Gasteiger partial charge is 0.214 e. The van der Waals surface area contributed by atoms with Crippen molar-refractivity contribution in [2.75, 3.05) is 13.2 Å². The highest BCUT2D eigenvalue weighted by molar-refractivity contribution is 6.25. The molecule has 136 valence electrons. The number of Topliss-reactive ketones (excluding diaryl/α,β-unsaturated/α-hetero) is 1. The summed E-state index contributed by atoms with van der Waals surface area (Å²) in [5.41, 5.74) is 4.72. The zero-order valence-corrected chi connectivity index (χ0v) is 15.3. The van der Waals surface area contributed by atoms with Gasteiger partial charge in [-0.3, -0.25) is 9.79 Å². The van der Waals surface area contributed by atoms with Crippen molar-refractivity contribution in [1.29, 1.82) is 0 Å². The van der Waals surface area contributed by atoms with Gasteiger partial charge in [0.05, 0.1) is 11.8 Å². The zero-order chi connectivity index (χ0) is 18.1. The summed E-state index contributed by atoms with van der Waals surface area (Å²) in [5, 5.41) is 0. The molecule has 0 atom stereocenters. The van der Waals surface area contributed by atoms with Gasteiger partial charge in [-0.15, -0.1) is 0 Å². The number of aliphatic imine (C=N–C) groups is 1. The second kappa shape index (κ2) is 7.16. The van der Waals surface area contributed by atoms with Crippen LogP contribution in [0.15, 0.2) is 35.0 Å². The highest BCUT2D eigenvalue weighted by Gasteiger charge is 2.28. The first kappa shape index (κ1) is 17.2. The van der Waals surface area contributed by atoms with Crippen molar-refractivity contribution in [3.63, 3.8) is 0 Å². The van der Waals surface area contributed by atoms with Gasteiger partial charge in [0.25, 0.3) is 0 Å². The highest BCUT2D eigenvalue weighted by Crippen LogP contribution is 2.33. The molecule has 5 nitrogen and oxygen atoms in total. The Hall–Kier alpha value is -2.27. The molecule has 1 saturated heterocycles. The van der Waals surface area contributed by atoms with Crippen molar-refractivity contribution in [1.82, 2.24) is 4.98 Å². The van der Waals surface area contributed by atoms with E-state index in [4.69, 9.17) is 9.47 Å². The summed E-state index contributed by atoms with van der Waals surface area (Å²) in [6.45, 7) is 5.56. The Labute approximate surface area is 153 Å². The number of carbonyl (C=O) groups is 1. The minimum absolute atomic E-state index is 0.0538. The number of hydrogen-bond acceptors (Lipinski definition) is 5. The third kappa shape index (κ3) is 3.49. The van der Waals surface area contributed by atoms with E-state index in [1.807, 2.05) is 38.3 Å². The molecule has 3 aliphatic rings. The number of pyridine rings is 1. The van der Waals surface area contributed by atoms with Gasteiger partial charge >= 0.3 is 0 Å². The summed E-state index contributed by atoms with van der Waals surface area (Å²) >= 11 is 0. The van der Waals surface area contributed by atoms with Gasteiger partial charge in [0.15, 0.2) is 5.78 Å². The van der Waals surface area contributed by atoms with E-state index in [0.717, 1.165) is 49.3 Å². The van der Waals surface area contributed by atoms with Gasteiger partial charge < -0.3 is 9.47 Å². The number of nitrogens with zero attached hydrogens (tertiary/aromatic N) is 2. The predicted octanol–water partition coefficient (Wildman–Crippen LogP) is 3.53. The standard InChI is InChI=1S/C21H24N2O3/c1-13(2)26-20-4-3-16-11-19(24)17(21(16)23-20)9-14-10-18(22-12-14)15-5-7-25-8-6-15/h3-4,9,12-13,15H,5-8,10-11H2,1-2H3/b17-9+. The summed E-state index contributed by atoms with van der Waals surface area (Å²) in [6, 6.07) is 3.79. The van der Waals surface area contributed by atoms with Crippen LogP contribution in [0.3, 0.4) is 0 Å². The van der Waals surface area contributed by atoms with Crippen LogP contribution in [0.25, 0.3) is 5.57 Å². The highest BCUT2D eigenvalue weighted by atomic mass is 16.5. The lowest BCUT2D eigenvalue weighted by Gasteiger charge is -2.22. The first-order valence-electron chi connectivity index (χ1n) is 9.35. The van der Waals surface area contributed by atoms with Crippen molar-refractivity contribution in [2.45, 2.75) is 45.6 Å². The van der Waals surface area contributed by atoms with E-state index < -0.39 is 0 Å². The first-order chi connectivity index (χ1) is 12.6. The van der Waals surface area contributed by atoms with Crippen LogP contribution in [-0.2, 0) is 16.0 Å². The van der Waals surface area contributed by atoms with Crippen LogP contribution in [-0.4, -0.2) is 35.8 Å². The maximum atomic E-state index is 12.5. The lowest BCUT2D eigenvalue weighted by atomic mass is 9.91.